The molecule has 0 aliphatic rings. The summed E-state index contributed by atoms with van der Waals surface area (Å²) >= 11 is 5.87. The molecule has 1 heterocycles. The third-order valence-electron chi connectivity index (χ3n) is 2.08. The Kier molecular flexibility index (Phi) is 2.56. The van der Waals surface area contributed by atoms with Crippen LogP contribution >= 0.6 is 11.6 Å². The van der Waals surface area contributed by atoms with Crippen LogP contribution in [-0.2, 0) is 7.05 Å². The molecule has 0 unspecified atom stereocenters. The average Bonchev–Trinajstić information content (AvgIpc) is 2.59. The molecule has 0 atom stereocenters. The quantitative estimate of drug-likeness (QED) is 0.729. The van der Waals surface area contributed by atoms with Crippen LogP contribution in [0.2, 0.25) is 5.02 Å². The summed E-state index contributed by atoms with van der Waals surface area (Å²) in [6, 6.07) is 7.29. The molecule has 0 fully saturated rings. The zero-order chi connectivity index (χ0) is 10.8. The van der Waals surface area contributed by atoms with Gasteiger partial charge in [-0.05, 0) is 12.1 Å². The minimum absolute atomic E-state index is 0.569. The SMILES string of the molecule is Cn1cc(C=O)c(-c2cccc(Cl)c2)n1. The van der Waals surface area contributed by atoms with Crippen molar-refractivity contribution in [3.8, 4) is 11.3 Å². The number of nitrogens with zero attached hydrogens (tertiary/aromatic N) is 2. The summed E-state index contributed by atoms with van der Waals surface area (Å²) in [5.41, 5.74) is 2.08. The number of carbonyl (C=O) groups excluding carboxylic acids is 1. The van der Waals surface area contributed by atoms with Crippen LogP contribution in [0.3, 0.4) is 0 Å². The Morgan fingerprint density at radius 3 is 2.93 bits per heavy atom. The van der Waals surface area contributed by atoms with Crippen LogP contribution in [0.1, 0.15) is 10.4 Å². The molecule has 1 aromatic heterocycles. The largest absolute Gasteiger partial charge is 0.298 e. The minimum Gasteiger partial charge on any atom is -0.298 e. The van der Waals surface area contributed by atoms with Crippen LogP contribution < -0.4 is 0 Å². The number of rotatable bonds is 2. The Labute approximate surface area is 92.3 Å². The van der Waals surface area contributed by atoms with E-state index in [0.29, 0.717) is 16.3 Å². The first kappa shape index (κ1) is 9.93. The summed E-state index contributed by atoms with van der Waals surface area (Å²) in [5.74, 6) is 0. The summed E-state index contributed by atoms with van der Waals surface area (Å²) in [6.45, 7) is 0. The smallest absolute Gasteiger partial charge is 0.153 e. The normalized spacial score (nSPS) is 10.3. The van der Waals surface area contributed by atoms with E-state index in [1.807, 2.05) is 12.1 Å². The van der Waals surface area contributed by atoms with Gasteiger partial charge in [0.05, 0.1) is 5.56 Å². The van der Waals surface area contributed by atoms with Gasteiger partial charge < -0.3 is 0 Å². The van der Waals surface area contributed by atoms with Crippen molar-refractivity contribution in [2.45, 2.75) is 0 Å². The first-order chi connectivity index (χ1) is 7.20. The Morgan fingerprint density at radius 2 is 2.27 bits per heavy atom. The first-order valence-corrected chi connectivity index (χ1v) is 4.83. The number of aldehydes is 1. The number of halogens is 1. The Morgan fingerprint density at radius 1 is 1.47 bits per heavy atom. The van der Waals surface area contributed by atoms with Gasteiger partial charge in [-0.1, -0.05) is 23.7 Å². The highest BCUT2D eigenvalue weighted by Gasteiger charge is 2.09. The van der Waals surface area contributed by atoms with Crippen molar-refractivity contribution < 1.29 is 4.79 Å². The van der Waals surface area contributed by atoms with Crippen molar-refractivity contribution in [1.82, 2.24) is 9.78 Å². The molecule has 0 saturated heterocycles. The predicted octanol–water partition coefficient (Wildman–Crippen LogP) is 2.55. The van der Waals surface area contributed by atoms with Gasteiger partial charge in [0.15, 0.2) is 6.29 Å². The summed E-state index contributed by atoms with van der Waals surface area (Å²) in [6.07, 6.45) is 2.48. The van der Waals surface area contributed by atoms with E-state index in [1.165, 1.54) is 0 Å². The summed E-state index contributed by atoms with van der Waals surface area (Å²) in [4.78, 5) is 10.8. The number of aryl methyl sites for hydroxylation is 1. The lowest BCUT2D eigenvalue weighted by Crippen LogP contribution is -1.87. The lowest BCUT2D eigenvalue weighted by molar-refractivity contribution is 0.112. The number of benzene rings is 1. The average molecular weight is 221 g/mol. The standard InChI is InChI=1S/C11H9ClN2O/c1-14-6-9(7-15)11(13-14)8-3-2-4-10(12)5-8/h2-7H,1H3. The zero-order valence-electron chi connectivity index (χ0n) is 8.14. The van der Waals surface area contributed by atoms with E-state index < -0.39 is 0 Å². The van der Waals surface area contributed by atoms with E-state index in [4.69, 9.17) is 11.6 Å². The molecule has 0 bridgehead atoms. The molecule has 0 radical (unpaired) electrons. The van der Waals surface area contributed by atoms with Crippen LogP contribution in [0.4, 0.5) is 0 Å². The van der Waals surface area contributed by atoms with Gasteiger partial charge >= 0.3 is 0 Å². The lowest BCUT2D eigenvalue weighted by Gasteiger charge is -1.98. The maximum atomic E-state index is 10.8. The molecule has 0 aliphatic carbocycles. The molecular weight excluding hydrogens is 212 g/mol. The fraction of sp³-hybridized carbons (Fsp3) is 0.0909. The Balaban J connectivity index is 2.57. The zero-order valence-corrected chi connectivity index (χ0v) is 8.90. The maximum absolute atomic E-state index is 10.8. The molecule has 0 saturated carbocycles. The van der Waals surface area contributed by atoms with Gasteiger partial charge in [-0.25, -0.2) is 0 Å². The molecule has 0 amide bonds. The van der Waals surface area contributed by atoms with Crippen LogP contribution in [-0.4, -0.2) is 16.1 Å². The third-order valence-corrected chi connectivity index (χ3v) is 2.32. The lowest BCUT2D eigenvalue weighted by atomic mass is 10.1. The molecule has 0 N–H and O–H groups in total. The topological polar surface area (TPSA) is 34.9 Å². The van der Waals surface area contributed by atoms with Gasteiger partial charge in [-0.15, -0.1) is 0 Å². The predicted molar refractivity (Wildman–Crippen MR) is 59.0 cm³/mol. The van der Waals surface area contributed by atoms with Gasteiger partial charge in [-0.3, -0.25) is 9.48 Å². The molecule has 2 aromatic rings. The molecular formula is C11H9ClN2O. The maximum Gasteiger partial charge on any atom is 0.153 e. The molecule has 3 nitrogen and oxygen atoms in total. The monoisotopic (exact) mass is 220 g/mol. The Hall–Kier alpha value is -1.61. The number of carbonyl (C=O) groups is 1. The van der Waals surface area contributed by atoms with Crippen LogP contribution in [0, 0.1) is 0 Å². The number of hydrogen-bond donors (Lipinski definition) is 0. The highest BCUT2D eigenvalue weighted by atomic mass is 35.5. The van der Waals surface area contributed by atoms with Gasteiger partial charge in [0.25, 0.3) is 0 Å². The van der Waals surface area contributed by atoms with E-state index in [1.54, 1.807) is 30.1 Å². The first-order valence-electron chi connectivity index (χ1n) is 4.45. The van der Waals surface area contributed by atoms with Gasteiger partial charge in [0, 0.05) is 23.8 Å². The Bertz CT molecular complexity index is 505. The fourth-order valence-electron chi connectivity index (χ4n) is 1.45. The summed E-state index contributed by atoms with van der Waals surface area (Å²) in [5, 5.41) is 4.85. The van der Waals surface area contributed by atoms with Crippen LogP contribution in [0.5, 0.6) is 0 Å². The minimum atomic E-state index is 0.569. The van der Waals surface area contributed by atoms with Gasteiger partial charge in [-0.2, -0.15) is 5.10 Å². The van der Waals surface area contributed by atoms with Gasteiger partial charge in [0.1, 0.15) is 5.69 Å². The molecule has 2 rings (SSSR count). The molecule has 15 heavy (non-hydrogen) atoms. The van der Waals surface area contributed by atoms with Crippen molar-refractivity contribution in [3.63, 3.8) is 0 Å². The van der Waals surface area contributed by atoms with E-state index in [9.17, 15) is 4.79 Å². The fourth-order valence-corrected chi connectivity index (χ4v) is 1.64. The van der Waals surface area contributed by atoms with Crippen molar-refractivity contribution in [3.05, 3.63) is 41.0 Å². The summed E-state index contributed by atoms with van der Waals surface area (Å²) in [7, 11) is 1.78. The van der Waals surface area contributed by atoms with E-state index in [2.05, 4.69) is 5.10 Å². The molecule has 1 aromatic carbocycles. The van der Waals surface area contributed by atoms with Gasteiger partial charge in [0.2, 0.25) is 0 Å². The van der Waals surface area contributed by atoms with Crippen LogP contribution in [0.15, 0.2) is 30.5 Å². The van der Waals surface area contributed by atoms with Crippen molar-refractivity contribution >= 4 is 17.9 Å². The van der Waals surface area contributed by atoms with E-state index in [0.717, 1.165) is 11.8 Å². The van der Waals surface area contributed by atoms with Crippen molar-refractivity contribution in [2.24, 2.45) is 7.05 Å². The molecule has 4 heteroatoms. The second-order valence-electron chi connectivity index (χ2n) is 3.23. The molecule has 0 spiro atoms. The highest BCUT2D eigenvalue weighted by Crippen LogP contribution is 2.23. The summed E-state index contributed by atoms with van der Waals surface area (Å²) < 4.78 is 1.61. The van der Waals surface area contributed by atoms with Crippen molar-refractivity contribution in [1.29, 1.82) is 0 Å². The van der Waals surface area contributed by atoms with Crippen LogP contribution in [0.25, 0.3) is 11.3 Å². The molecule has 76 valence electrons. The van der Waals surface area contributed by atoms with Crippen molar-refractivity contribution in [2.75, 3.05) is 0 Å². The van der Waals surface area contributed by atoms with E-state index in [-0.39, 0.29) is 0 Å². The number of hydrogen-bond acceptors (Lipinski definition) is 2. The highest BCUT2D eigenvalue weighted by molar-refractivity contribution is 6.30. The second-order valence-corrected chi connectivity index (χ2v) is 3.67. The van der Waals surface area contributed by atoms with E-state index >= 15 is 0 Å². The third kappa shape index (κ3) is 1.92. The molecule has 0 aliphatic heterocycles. The second kappa shape index (κ2) is 3.87. The number of aromatic nitrogens is 2.